The average Bonchev–Trinajstić information content (AvgIpc) is 2.97. The first-order valence-corrected chi connectivity index (χ1v) is 10.2. The Morgan fingerprint density at radius 3 is 2.81 bits per heavy atom. The molecule has 5 heteroatoms. The van der Waals surface area contributed by atoms with Crippen molar-refractivity contribution in [3.8, 4) is 6.07 Å². The fourth-order valence-corrected chi connectivity index (χ4v) is 5.06. The fraction of sp³-hybridized carbons (Fsp3) is 0.429. The van der Waals surface area contributed by atoms with Crippen LogP contribution in [0.2, 0.25) is 5.02 Å². The van der Waals surface area contributed by atoms with Crippen LogP contribution >= 0.6 is 22.9 Å². The highest BCUT2D eigenvalue weighted by Gasteiger charge is 2.34. The number of hydrogen-bond donors (Lipinski definition) is 1. The van der Waals surface area contributed by atoms with Gasteiger partial charge in [0.15, 0.2) is 0 Å². The Hall–Kier alpha value is -1.83. The van der Waals surface area contributed by atoms with Gasteiger partial charge in [0.25, 0.3) is 5.91 Å². The number of nitrogens with one attached hydrogen (secondary N) is 1. The molecule has 1 aliphatic carbocycles. The molecule has 3 rings (SSSR count). The molecule has 0 fully saturated rings. The van der Waals surface area contributed by atoms with E-state index >= 15 is 0 Å². The summed E-state index contributed by atoms with van der Waals surface area (Å²) in [6.45, 7) is 6.88. The lowest BCUT2D eigenvalue weighted by Crippen LogP contribution is -2.28. The molecule has 26 heavy (non-hydrogen) atoms. The van der Waals surface area contributed by atoms with Crippen molar-refractivity contribution in [1.29, 1.82) is 5.26 Å². The maximum atomic E-state index is 12.6. The Balaban J connectivity index is 1.88. The molecule has 0 bridgehead atoms. The van der Waals surface area contributed by atoms with E-state index in [1.807, 2.05) is 0 Å². The predicted octanol–water partition coefficient (Wildman–Crippen LogP) is 6.07. The van der Waals surface area contributed by atoms with Crippen LogP contribution in [0.4, 0.5) is 5.00 Å². The van der Waals surface area contributed by atoms with Crippen LogP contribution in [0.25, 0.3) is 0 Å². The Kier molecular flexibility index (Phi) is 5.41. The molecule has 1 aromatic carbocycles. The van der Waals surface area contributed by atoms with Crippen LogP contribution in [-0.4, -0.2) is 5.91 Å². The predicted molar refractivity (Wildman–Crippen MR) is 108 cm³/mol. The molecule has 1 heterocycles. The minimum atomic E-state index is -0.267. The van der Waals surface area contributed by atoms with Crippen molar-refractivity contribution in [3.05, 3.63) is 50.9 Å². The number of carbonyl (C=O) groups excluding carboxylic acids is 1. The van der Waals surface area contributed by atoms with Gasteiger partial charge in [-0.05, 0) is 48.3 Å². The minimum absolute atomic E-state index is 0.267. The summed E-state index contributed by atoms with van der Waals surface area (Å²) in [6.07, 6.45) is 4.12. The molecule has 1 aromatic heterocycles. The second-order valence-corrected chi connectivity index (χ2v) is 9.05. The Bertz CT molecular complexity index is 879. The zero-order chi connectivity index (χ0) is 18.9. The molecule has 0 spiro atoms. The van der Waals surface area contributed by atoms with Crippen molar-refractivity contribution in [2.45, 2.75) is 46.5 Å². The van der Waals surface area contributed by atoms with E-state index in [-0.39, 0.29) is 11.3 Å². The van der Waals surface area contributed by atoms with Crippen LogP contribution < -0.4 is 5.32 Å². The van der Waals surface area contributed by atoms with Crippen molar-refractivity contribution < 1.29 is 4.79 Å². The van der Waals surface area contributed by atoms with Gasteiger partial charge < -0.3 is 5.32 Å². The number of anilines is 1. The van der Waals surface area contributed by atoms with Gasteiger partial charge in [-0.3, -0.25) is 4.79 Å². The molecule has 2 aromatic rings. The molecule has 1 aliphatic rings. The minimum Gasteiger partial charge on any atom is -0.312 e. The Labute approximate surface area is 164 Å². The van der Waals surface area contributed by atoms with Gasteiger partial charge in [0.05, 0.1) is 16.1 Å². The Morgan fingerprint density at radius 1 is 1.42 bits per heavy atom. The second kappa shape index (κ2) is 7.42. The largest absolute Gasteiger partial charge is 0.312 e. The molecular weight excluding hydrogens is 364 g/mol. The lowest BCUT2D eigenvalue weighted by Gasteiger charge is -2.36. The van der Waals surface area contributed by atoms with E-state index in [2.05, 4.69) is 32.2 Å². The van der Waals surface area contributed by atoms with E-state index in [1.165, 1.54) is 4.88 Å². The molecule has 1 atom stereocenters. The molecule has 0 radical (unpaired) electrons. The van der Waals surface area contributed by atoms with Crippen molar-refractivity contribution in [2.75, 3.05) is 5.32 Å². The van der Waals surface area contributed by atoms with E-state index in [0.717, 1.165) is 31.2 Å². The smallest absolute Gasteiger partial charge is 0.257 e. The molecule has 0 unspecified atom stereocenters. The summed E-state index contributed by atoms with van der Waals surface area (Å²) < 4.78 is 0. The normalized spacial score (nSPS) is 16.7. The summed E-state index contributed by atoms with van der Waals surface area (Å²) >= 11 is 7.67. The van der Waals surface area contributed by atoms with Gasteiger partial charge in [-0.2, -0.15) is 5.26 Å². The van der Waals surface area contributed by atoms with E-state index < -0.39 is 0 Å². The number of benzene rings is 1. The number of halogens is 1. The number of hydrogen-bond acceptors (Lipinski definition) is 3. The van der Waals surface area contributed by atoms with Gasteiger partial charge in [-0.1, -0.05) is 50.9 Å². The third-order valence-corrected chi connectivity index (χ3v) is 7.24. The van der Waals surface area contributed by atoms with Crippen molar-refractivity contribution in [2.24, 2.45) is 11.3 Å². The fourth-order valence-electron chi connectivity index (χ4n) is 3.56. The highest BCUT2D eigenvalue weighted by Crippen LogP contribution is 2.45. The summed E-state index contributed by atoms with van der Waals surface area (Å²) in [6, 6.07) is 9.26. The van der Waals surface area contributed by atoms with Crippen LogP contribution in [0.1, 0.15) is 60.0 Å². The van der Waals surface area contributed by atoms with Crippen molar-refractivity contribution in [1.82, 2.24) is 0 Å². The summed E-state index contributed by atoms with van der Waals surface area (Å²) in [5.41, 5.74) is 2.46. The second-order valence-electron chi connectivity index (χ2n) is 7.54. The lowest BCUT2D eigenvalue weighted by atomic mass is 9.69. The average molecular weight is 387 g/mol. The van der Waals surface area contributed by atoms with E-state index in [4.69, 9.17) is 11.6 Å². The number of nitrogens with zero attached hydrogens (tertiary/aromatic N) is 1. The number of amides is 1. The van der Waals surface area contributed by atoms with Crippen LogP contribution in [0.15, 0.2) is 24.3 Å². The van der Waals surface area contributed by atoms with Gasteiger partial charge >= 0.3 is 0 Å². The quantitative estimate of drug-likeness (QED) is 0.693. The van der Waals surface area contributed by atoms with Gasteiger partial charge in [-0.15, -0.1) is 11.3 Å². The zero-order valence-corrected chi connectivity index (χ0v) is 16.9. The molecule has 1 amide bonds. The standard InChI is InChI=1S/C21H23ClN2OS/c1-4-21(2,3)13-9-10-14-16(12-23)20(26-18(14)11-13)24-19(25)15-7-5-6-8-17(15)22/h5-8,13H,4,9-11H2,1-3H3,(H,24,25)/t13-/m1/s1. The van der Waals surface area contributed by atoms with Gasteiger partial charge in [0.1, 0.15) is 11.1 Å². The molecule has 0 aliphatic heterocycles. The molecule has 136 valence electrons. The Morgan fingerprint density at radius 2 is 2.15 bits per heavy atom. The van der Waals surface area contributed by atoms with Crippen LogP contribution in [0, 0.1) is 22.7 Å². The van der Waals surface area contributed by atoms with Gasteiger partial charge in [-0.25, -0.2) is 0 Å². The topological polar surface area (TPSA) is 52.9 Å². The first-order valence-electron chi connectivity index (χ1n) is 8.98. The van der Waals surface area contributed by atoms with E-state index in [1.54, 1.807) is 35.6 Å². The highest BCUT2D eigenvalue weighted by atomic mass is 35.5. The van der Waals surface area contributed by atoms with E-state index in [9.17, 15) is 10.1 Å². The van der Waals surface area contributed by atoms with Crippen LogP contribution in [0.3, 0.4) is 0 Å². The van der Waals surface area contributed by atoms with Crippen LogP contribution in [0.5, 0.6) is 0 Å². The van der Waals surface area contributed by atoms with Crippen LogP contribution in [-0.2, 0) is 12.8 Å². The third kappa shape index (κ3) is 3.51. The number of rotatable bonds is 4. The summed E-state index contributed by atoms with van der Waals surface area (Å²) in [5, 5.41) is 13.6. The number of thiophene rings is 1. The molecule has 3 nitrogen and oxygen atoms in total. The SMILES string of the molecule is CCC(C)(C)[C@@H]1CCc2c(sc(NC(=O)c3ccccc3Cl)c2C#N)C1. The van der Waals surface area contributed by atoms with Gasteiger partial charge in [0.2, 0.25) is 0 Å². The summed E-state index contributed by atoms with van der Waals surface area (Å²) in [5.74, 6) is 0.341. The molecular formula is C21H23ClN2OS. The number of carbonyl (C=O) groups is 1. The molecule has 0 saturated carbocycles. The number of nitriles is 1. The maximum Gasteiger partial charge on any atom is 0.257 e. The molecule has 0 saturated heterocycles. The van der Waals surface area contributed by atoms with Crippen molar-refractivity contribution >= 4 is 33.8 Å². The first-order chi connectivity index (χ1) is 12.4. The lowest BCUT2D eigenvalue weighted by molar-refractivity contribution is 0.102. The molecule has 1 N–H and O–H groups in total. The van der Waals surface area contributed by atoms with Gasteiger partial charge in [0, 0.05) is 4.88 Å². The number of fused-ring (bicyclic) bond motifs is 1. The monoisotopic (exact) mass is 386 g/mol. The van der Waals surface area contributed by atoms with E-state index in [0.29, 0.717) is 27.1 Å². The highest BCUT2D eigenvalue weighted by molar-refractivity contribution is 7.16. The summed E-state index contributed by atoms with van der Waals surface area (Å²) in [7, 11) is 0. The zero-order valence-electron chi connectivity index (χ0n) is 15.4. The first kappa shape index (κ1) is 18.9. The maximum absolute atomic E-state index is 12.6. The third-order valence-electron chi connectivity index (χ3n) is 5.74. The summed E-state index contributed by atoms with van der Waals surface area (Å²) in [4.78, 5) is 13.8. The van der Waals surface area contributed by atoms with Crippen molar-refractivity contribution in [3.63, 3.8) is 0 Å².